The normalized spacial score (nSPS) is 10.5. The second-order valence-electron chi connectivity index (χ2n) is 7.38. The lowest BCUT2D eigenvalue weighted by molar-refractivity contribution is -0.116. The molecule has 0 bridgehead atoms. The van der Waals surface area contributed by atoms with Crippen molar-refractivity contribution in [1.29, 1.82) is 0 Å². The van der Waals surface area contributed by atoms with Gasteiger partial charge in [0.15, 0.2) is 5.13 Å². The first-order chi connectivity index (χ1) is 17.0. The average Bonchev–Trinajstić information content (AvgIpc) is 3.32. The third-order valence-electron chi connectivity index (χ3n) is 4.77. The molecule has 0 radical (unpaired) electrons. The summed E-state index contributed by atoms with van der Waals surface area (Å²) in [6.45, 7) is 1.34. The number of aromatic nitrogens is 1. The number of benzene rings is 3. The molecule has 1 heterocycles. The van der Waals surface area contributed by atoms with Gasteiger partial charge in [-0.2, -0.15) is 0 Å². The van der Waals surface area contributed by atoms with Crippen LogP contribution < -0.4 is 10.2 Å². The topological polar surface area (TPSA) is 62.3 Å². The lowest BCUT2D eigenvalue weighted by Crippen LogP contribution is -2.23. The van der Waals surface area contributed by atoms with Gasteiger partial charge in [-0.1, -0.05) is 48.2 Å². The largest absolute Gasteiger partial charge is 0.322 e. The molecule has 4 aromatic rings. The molecule has 0 aliphatic carbocycles. The van der Waals surface area contributed by atoms with E-state index < -0.39 is 5.82 Å². The smallest absolute Gasteiger partial charge is 0.248 e. The monoisotopic (exact) mass is 481 g/mol. The van der Waals surface area contributed by atoms with Gasteiger partial charge in [0.05, 0.1) is 11.4 Å². The number of hydrogen-bond donors (Lipinski definition) is 1. The van der Waals surface area contributed by atoms with Gasteiger partial charge in [0.1, 0.15) is 5.82 Å². The zero-order chi connectivity index (χ0) is 24.6. The van der Waals surface area contributed by atoms with Crippen LogP contribution in [0, 0.1) is 17.7 Å². The van der Waals surface area contributed by atoms with E-state index in [-0.39, 0.29) is 17.5 Å². The molecular weight excluding hydrogens is 461 g/mol. The maximum absolute atomic E-state index is 14.2. The first kappa shape index (κ1) is 23.6. The minimum Gasteiger partial charge on any atom is -0.322 e. The van der Waals surface area contributed by atoms with Gasteiger partial charge in [0.2, 0.25) is 11.8 Å². The van der Waals surface area contributed by atoms with Gasteiger partial charge in [0, 0.05) is 35.2 Å². The molecule has 4 rings (SSSR count). The van der Waals surface area contributed by atoms with Crippen LogP contribution in [-0.4, -0.2) is 16.8 Å². The summed E-state index contributed by atoms with van der Waals surface area (Å²) in [6.07, 6.45) is 2.89. The second-order valence-corrected chi connectivity index (χ2v) is 8.22. The lowest BCUT2D eigenvalue weighted by Gasteiger charge is -2.18. The number of nitrogens with one attached hydrogen (secondary N) is 1. The molecule has 35 heavy (non-hydrogen) atoms. The van der Waals surface area contributed by atoms with Crippen molar-refractivity contribution >= 4 is 45.7 Å². The Kier molecular flexibility index (Phi) is 7.46. The number of rotatable bonds is 5. The van der Waals surface area contributed by atoms with E-state index in [1.165, 1.54) is 47.4 Å². The number of para-hydroxylation sites is 1. The molecule has 0 spiro atoms. The Hall–Kier alpha value is -4.54. The van der Waals surface area contributed by atoms with Crippen molar-refractivity contribution in [2.45, 2.75) is 6.92 Å². The van der Waals surface area contributed by atoms with Crippen molar-refractivity contribution in [1.82, 2.24) is 4.98 Å². The van der Waals surface area contributed by atoms with Gasteiger partial charge in [-0.15, -0.1) is 11.3 Å². The van der Waals surface area contributed by atoms with Crippen LogP contribution in [0.5, 0.6) is 0 Å². The Balaban J connectivity index is 1.43. The Morgan fingerprint density at radius 2 is 1.69 bits per heavy atom. The van der Waals surface area contributed by atoms with Gasteiger partial charge in [-0.05, 0) is 48.5 Å². The molecule has 3 aromatic carbocycles. The SMILES string of the molecule is CC(=O)N(c1nc(/C=C/C(=O)Nc2cccc(C#Cc3ccccc3)c2)cs1)c1ccccc1F. The maximum atomic E-state index is 14.2. The Morgan fingerprint density at radius 1 is 0.971 bits per heavy atom. The highest BCUT2D eigenvalue weighted by molar-refractivity contribution is 7.14. The summed E-state index contributed by atoms with van der Waals surface area (Å²) in [7, 11) is 0. The highest BCUT2D eigenvalue weighted by Gasteiger charge is 2.20. The quantitative estimate of drug-likeness (QED) is 0.280. The van der Waals surface area contributed by atoms with Crippen LogP contribution in [-0.2, 0) is 9.59 Å². The van der Waals surface area contributed by atoms with E-state index in [9.17, 15) is 14.0 Å². The molecule has 5 nitrogen and oxygen atoms in total. The maximum Gasteiger partial charge on any atom is 0.248 e. The third kappa shape index (κ3) is 6.28. The molecule has 0 unspecified atom stereocenters. The molecule has 0 aliphatic rings. The molecule has 0 atom stereocenters. The summed E-state index contributed by atoms with van der Waals surface area (Å²) < 4.78 is 14.2. The average molecular weight is 482 g/mol. The van der Waals surface area contributed by atoms with Crippen molar-refractivity contribution in [3.8, 4) is 11.8 Å². The van der Waals surface area contributed by atoms with Crippen LogP contribution in [0.15, 0.2) is 90.3 Å². The zero-order valence-corrected chi connectivity index (χ0v) is 19.6. The van der Waals surface area contributed by atoms with Crippen molar-refractivity contribution < 1.29 is 14.0 Å². The molecule has 0 saturated heterocycles. The highest BCUT2D eigenvalue weighted by Crippen LogP contribution is 2.31. The number of nitrogens with zero attached hydrogens (tertiary/aromatic N) is 2. The number of halogens is 1. The molecule has 0 fully saturated rings. The molecule has 1 aromatic heterocycles. The second kappa shape index (κ2) is 11.1. The van der Waals surface area contributed by atoms with E-state index >= 15 is 0 Å². The summed E-state index contributed by atoms with van der Waals surface area (Å²) in [5.74, 6) is 4.94. The first-order valence-corrected chi connectivity index (χ1v) is 11.5. The van der Waals surface area contributed by atoms with Gasteiger partial charge in [0.25, 0.3) is 0 Å². The van der Waals surface area contributed by atoms with E-state index in [2.05, 4.69) is 22.1 Å². The van der Waals surface area contributed by atoms with Gasteiger partial charge in [-0.3, -0.25) is 14.5 Å². The van der Waals surface area contributed by atoms with Gasteiger partial charge < -0.3 is 5.32 Å². The van der Waals surface area contributed by atoms with Crippen LogP contribution >= 0.6 is 11.3 Å². The van der Waals surface area contributed by atoms with Crippen LogP contribution in [0.3, 0.4) is 0 Å². The number of carbonyl (C=O) groups excluding carboxylic acids is 2. The molecule has 0 saturated carbocycles. The van der Waals surface area contributed by atoms with E-state index in [0.717, 1.165) is 11.1 Å². The van der Waals surface area contributed by atoms with Crippen molar-refractivity contribution in [3.05, 3.63) is 113 Å². The number of carbonyl (C=O) groups is 2. The zero-order valence-electron chi connectivity index (χ0n) is 18.7. The Labute approximate surface area is 206 Å². The van der Waals surface area contributed by atoms with E-state index in [1.807, 2.05) is 42.5 Å². The number of anilines is 3. The Morgan fingerprint density at radius 3 is 2.46 bits per heavy atom. The minimum atomic E-state index is -0.523. The number of thiazole rings is 1. The standard InChI is InChI=1S/C28H20FN3O2S/c1-20(33)32(26-13-6-5-12-25(26)29)28-31-24(19-35-28)16-17-27(34)30-23-11-7-10-22(18-23)15-14-21-8-3-2-4-9-21/h2-13,16-19H,1H3,(H,30,34)/b17-16+. The Bertz CT molecular complexity index is 1450. The lowest BCUT2D eigenvalue weighted by atomic mass is 10.1. The van der Waals surface area contributed by atoms with Crippen molar-refractivity contribution in [2.75, 3.05) is 10.2 Å². The highest BCUT2D eigenvalue weighted by atomic mass is 32.1. The van der Waals surface area contributed by atoms with Crippen molar-refractivity contribution in [2.24, 2.45) is 0 Å². The number of amides is 2. The van der Waals surface area contributed by atoms with Gasteiger partial charge >= 0.3 is 0 Å². The van der Waals surface area contributed by atoms with Crippen LogP contribution in [0.25, 0.3) is 6.08 Å². The molecule has 1 N–H and O–H groups in total. The van der Waals surface area contributed by atoms with Crippen molar-refractivity contribution in [3.63, 3.8) is 0 Å². The third-order valence-corrected chi connectivity index (χ3v) is 5.61. The fraction of sp³-hybridized carbons (Fsp3) is 0.0357. The predicted molar refractivity (Wildman–Crippen MR) is 138 cm³/mol. The fourth-order valence-corrected chi connectivity index (χ4v) is 4.03. The fourth-order valence-electron chi connectivity index (χ4n) is 3.18. The summed E-state index contributed by atoms with van der Waals surface area (Å²) in [5, 5.41) is 4.80. The first-order valence-electron chi connectivity index (χ1n) is 10.7. The summed E-state index contributed by atoms with van der Waals surface area (Å²) in [4.78, 5) is 30.2. The minimum absolute atomic E-state index is 0.123. The summed E-state index contributed by atoms with van der Waals surface area (Å²) in [6, 6.07) is 22.9. The van der Waals surface area contributed by atoms with E-state index in [0.29, 0.717) is 16.5 Å². The molecular formula is C28H20FN3O2S. The van der Waals surface area contributed by atoms with E-state index in [1.54, 1.807) is 29.6 Å². The predicted octanol–water partition coefficient (Wildman–Crippen LogP) is 6.02. The van der Waals surface area contributed by atoms with Crippen LogP contribution in [0.1, 0.15) is 23.7 Å². The van der Waals surface area contributed by atoms with Gasteiger partial charge in [-0.25, -0.2) is 9.37 Å². The van der Waals surface area contributed by atoms with Crippen LogP contribution in [0.4, 0.5) is 20.9 Å². The molecule has 7 heteroatoms. The van der Waals surface area contributed by atoms with E-state index in [4.69, 9.17) is 0 Å². The number of hydrogen-bond acceptors (Lipinski definition) is 4. The summed E-state index contributed by atoms with van der Waals surface area (Å²) in [5.41, 5.74) is 2.90. The molecule has 0 aliphatic heterocycles. The molecule has 172 valence electrons. The molecule has 2 amide bonds. The van der Waals surface area contributed by atoms with Crippen LogP contribution in [0.2, 0.25) is 0 Å². The summed E-state index contributed by atoms with van der Waals surface area (Å²) >= 11 is 1.18.